The Kier molecular flexibility index (Phi) is 11.2. The second-order valence-electron chi connectivity index (χ2n) is 11.1. The van der Waals surface area contributed by atoms with Gasteiger partial charge in [-0.05, 0) is 74.4 Å². The molecule has 0 unspecified atom stereocenters. The molecule has 224 valence electrons. The zero-order valence-corrected chi connectivity index (χ0v) is 24.7. The minimum Gasteiger partial charge on any atom is -0.493 e. The summed E-state index contributed by atoms with van der Waals surface area (Å²) in [7, 11) is 3.25. The fraction of sp³-hybridized carbons (Fsp3) is 0.581. The highest BCUT2D eigenvalue weighted by atomic mass is 16.6. The average molecular weight is 569 g/mol. The molecule has 1 aromatic carbocycles. The van der Waals surface area contributed by atoms with Crippen molar-refractivity contribution in [1.29, 1.82) is 0 Å². The first kappa shape index (κ1) is 30.6. The van der Waals surface area contributed by atoms with E-state index in [0.717, 1.165) is 37.9 Å². The van der Waals surface area contributed by atoms with Crippen molar-refractivity contribution >= 4 is 12.0 Å². The number of methoxy groups -OCH3 is 2. The van der Waals surface area contributed by atoms with E-state index in [-0.39, 0.29) is 42.5 Å². The van der Waals surface area contributed by atoms with Crippen LogP contribution in [0.25, 0.3) is 0 Å². The van der Waals surface area contributed by atoms with Crippen molar-refractivity contribution in [3.8, 4) is 11.5 Å². The van der Waals surface area contributed by atoms with E-state index in [1.807, 2.05) is 35.8 Å². The first-order valence-electron chi connectivity index (χ1n) is 14.5. The van der Waals surface area contributed by atoms with Crippen LogP contribution in [0.1, 0.15) is 49.0 Å². The predicted molar refractivity (Wildman–Crippen MR) is 155 cm³/mol. The molecule has 1 saturated carbocycles. The third kappa shape index (κ3) is 8.56. The molecule has 0 spiro atoms. The number of rotatable bonds is 15. The van der Waals surface area contributed by atoms with Gasteiger partial charge in [-0.25, -0.2) is 4.79 Å². The second-order valence-corrected chi connectivity index (χ2v) is 11.1. The lowest BCUT2D eigenvalue weighted by Crippen LogP contribution is -2.45. The lowest BCUT2D eigenvalue weighted by atomic mass is 9.94. The van der Waals surface area contributed by atoms with Gasteiger partial charge in [-0.15, -0.1) is 0 Å². The molecule has 1 aromatic heterocycles. The molecule has 2 aromatic rings. The van der Waals surface area contributed by atoms with Gasteiger partial charge in [0.15, 0.2) is 11.5 Å². The van der Waals surface area contributed by atoms with Crippen LogP contribution >= 0.6 is 0 Å². The van der Waals surface area contributed by atoms with E-state index in [4.69, 9.17) is 18.9 Å². The summed E-state index contributed by atoms with van der Waals surface area (Å²) in [5.74, 6) is 1.51. The second kappa shape index (κ2) is 15.0. The lowest BCUT2D eigenvalue weighted by Gasteiger charge is -2.33. The molecule has 0 radical (unpaired) electrons. The number of nitrogens with zero attached hydrogens (tertiary/aromatic N) is 3. The highest BCUT2D eigenvalue weighted by Crippen LogP contribution is 2.32. The number of hydrogen-bond acceptors (Lipinski definition) is 8. The van der Waals surface area contributed by atoms with E-state index >= 15 is 0 Å². The molecule has 1 saturated heterocycles. The minimum atomic E-state index is -0.275. The van der Waals surface area contributed by atoms with Crippen molar-refractivity contribution in [1.82, 2.24) is 20.1 Å². The molecule has 1 aliphatic heterocycles. The number of aromatic nitrogens is 1. The van der Waals surface area contributed by atoms with Gasteiger partial charge in [-0.3, -0.25) is 9.78 Å². The molecule has 2 heterocycles. The zero-order valence-electron chi connectivity index (χ0n) is 24.7. The SMILES string of the molecule is COCCCOc1cc(C(=O)N(C[C@@H]2CNC[C@H]2CN(C(=O)OCc2ccncc2)C2CC2)C(C)C)ccc1OC. The molecule has 10 heteroatoms. The molecule has 1 aliphatic carbocycles. The first-order valence-corrected chi connectivity index (χ1v) is 14.5. The fourth-order valence-electron chi connectivity index (χ4n) is 5.19. The number of amides is 2. The van der Waals surface area contributed by atoms with Crippen LogP contribution < -0.4 is 14.8 Å². The maximum Gasteiger partial charge on any atom is 0.410 e. The van der Waals surface area contributed by atoms with Gasteiger partial charge in [0.25, 0.3) is 5.91 Å². The highest BCUT2D eigenvalue weighted by Gasteiger charge is 2.39. The summed E-state index contributed by atoms with van der Waals surface area (Å²) < 4.78 is 22.1. The maximum atomic E-state index is 13.8. The summed E-state index contributed by atoms with van der Waals surface area (Å²) in [6.07, 6.45) is 5.85. The number of pyridine rings is 1. The lowest BCUT2D eigenvalue weighted by molar-refractivity contribution is 0.0627. The van der Waals surface area contributed by atoms with Crippen molar-refractivity contribution in [2.24, 2.45) is 11.8 Å². The third-order valence-electron chi connectivity index (χ3n) is 7.72. The summed E-state index contributed by atoms with van der Waals surface area (Å²) in [5.41, 5.74) is 1.47. The number of hydrogen-bond donors (Lipinski definition) is 1. The van der Waals surface area contributed by atoms with E-state index in [2.05, 4.69) is 10.3 Å². The van der Waals surface area contributed by atoms with E-state index < -0.39 is 0 Å². The molecule has 2 atom stereocenters. The quantitative estimate of drug-likeness (QED) is 0.322. The maximum absolute atomic E-state index is 13.8. The first-order chi connectivity index (χ1) is 19.9. The molecule has 4 rings (SSSR count). The van der Waals surface area contributed by atoms with E-state index in [1.165, 1.54) is 0 Å². The molecule has 41 heavy (non-hydrogen) atoms. The van der Waals surface area contributed by atoms with Gasteiger partial charge >= 0.3 is 6.09 Å². The monoisotopic (exact) mass is 568 g/mol. The van der Waals surface area contributed by atoms with Crippen molar-refractivity contribution in [3.05, 3.63) is 53.9 Å². The standard InChI is InChI=1S/C31H44N4O6/c1-22(2)34(30(36)24-6-9-28(39-4)29(16-24)40-15-5-14-38-3)19-25-17-33-18-26(25)20-35(27-7-8-27)31(37)41-21-23-10-12-32-13-11-23/h6,9-13,16,22,25-27,33H,5,7-8,14-15,17-21H2,1-4H3/t25-,26-/m0/s1. The third-order valence-corrected chi connectivity index (χ3v) is 7.72. The molecular weight excluding hydrogens is 524 g/mol. The number of nitrogens with one attached hydrogen (secondary N) is 1. The number of carbonyl (C=O) groups is 2. The van der Waals surface area contributed by atoms with Gasteiger partial charge in [-0.2, -0.15) is 0 Å². The fourth-order valence-corrected chi connectivity index (χ4v) is 5.19. The van der Waals surface area contributed by atoms with Gasteiger partial charge in [-0.1, -0.05) is 0 Å². The van der Waals surface area contributed by atoms with Gasteiger partial charge in [0.2, 0.25) is 0 Å². The van der Waals surface area contributed by atoms with Crippen LogP contribution in [0.2, 0.25) is 0 Å². The van der Waals surface area contributed by atoms with Crippen molar-refractivity contribution < 1.29 is 28.5 Å². The highest BCUT2D eigenvalue weighted by molar-refractivity contribution is 5.95. The van der Waals surface area contributed by atoms with Gasteiger partial charge < -0.3 is 34.1 Å². The Morgan fingerprint density at radius 1 is 1.00 bits per heavy atom. The summed E-state index contributed by atoms with van der Waals surface area (Å²) >= 11 is 0. The minimum absolute atomic E-state index is 0.00165. The van der Waals surface area contributed by atoms with Crippen LogP contribution in [0.5, 0.6) is 11.5 Å². The van der Waals surface area contributed by atoms with Crippen LogP contribution in [0, 0.1) is 11.8 Å². The number of benzene rings is 1. The number of ether oxygens (including phenoxy) is 4. The Morgan fingerprint density at radius 2 is 1.73 bits per heavy atom. The molecular formula is C31H44N4O6. The molecule has 1 N–H and O–H groups in total. The summed E-state index contributed by atoms with van der Waals surface area (Å²) in [5, 5.41) is 3.49. The molecule has 2 fully saturated rings. The Balaban J connectivity index is 1.40. The Labute approximate surface area is 243 Å². The van der Waals surface area contributed by atoms with Crippen LogP contribution in [0.15, 0.2) is 42.7 Å². The van der Waals surface area contributed by atoms with E-state index in [9.17, 15) is 9.59 Å². The summed E-state index contributed by atoms with van der Waals surface area (Å²) in [6, 6.07) is 9.26. The summed E-state index contributed by atoms with van der Waals surface area (Å²) in [6.45, 7) is 8.16. The zero-order chi connectivity index (χ0) is 29.2. The van der Waals surface area contributed by atoms with Crippen LogP contribution in [0.3, 0.4) is 0 Å². The van der Waals surface area contributed by atoms with E-state index in [1.54, 1.807) is 44.8 Å². The van der Waals surface area contributed by atoms with Crippen LogP contribution in [-0.2, 0) is 16.1 Å². The topological polar surface area (TPSA) is 102 Å². The average Bonchev–Trinajstić information content (AvgIpc) is 3.74. The Hall–Kier alpha value is -3.37. The molecule has 2 amide bonds. The number of carbonyl (C=O) groups excluding carboxylic acids is 2. The van der Waals surface area contributed by atoms with Crippen LogP contribution in [-0.4, -0.2) is 92.5 Å². The molecule has 0 bridgehead atoms. The summed E-state index contributed by atoms with van der Waals surface area (Å²) in [4.78, 5) is 34.7. The normalized spacial score (nSPS) is 18.3. The molecule has 2 aliphatic rings. The van der Waals surface area contributed by atoms with Gasteiger partial charge in [0.05, 0.1) is 13.7 Å². The Morgan fingerprint density at radius 3 is 2.39 bits per heavy atom. The Bertz CT molecular complexity index is 1130. The van der Waals surface area contributed by atoms with Crippen molar-refractivity contribution in [3.63, 3.8) is 0 Å². The van der Waals surface area contributed by atoms with Gasteiger partial charge in [0, 0.05) is 76.4 Å². The van der Waals surface area contributed by atoms with E-state index in [0.29, 0.717) is 43.4 Å². The smallest absolute Gasteiger partial charge is 0.410 e. The van der Waals surface area contributed by atoms with Crippen molar-refractivity contribution in [2.45, 2.75) is 51.8 Å². The largest absolute Gasteiger partial charge is 0.493 e. The van der Waals surface area contributed by atoms with Gasteiger partial charge in [0.1, 0.15) is 6.61 Å². The van der Waals surface area contributed by atoms with Crippen molar-refractivity contribution in [2.75, 3.05) is 53.6 Å². The molecule has 10 nitrogen and oxygen atoms in total. The predicted octanol–water partition coefficient (Wildman–Crippen LogP) is 3.99. The van der Waals surface area contributed by atoms with Crippen LogP contribution in [0.4, 0.5) is 4.79 Å².